The van der Waals surface area contributed by atoms with E-state index in [0.717, 1.165) is 38.5 Å². The predicted octanol–water partition coefficient (Wildman–Crippen LogP) is 16.8. The summed E-state index contributed by atoms with van der Waals surface area (Å²) in [4.78, 5) is 22.6. The van der Waals surface area contributed by atoms with Crippen molar-refractivity contribution < 1.29 is 32.8 Å². The molecule has 2 unspecified atom stereocenters. The van der Waals surface area contributed by atoms with E-state index in [9.17, 15) is 14.3 Å². The fourth-order valence-corrected chi connectivity index (χ4v) is 8.68. The summed E-state index contributed by atoms with van der Waals surface area (Å²) in [6.07, 6.45) is 59.3. The molecular formula is C53H104NO7P. The first-order chi connectivity index (χ1) is 30.4. The molecule has 0 bridgehead atoms. The molecule has 8 nitrogen and oxygen atoms in total. The van der Waals surface area contributed by atoms with E-state index >= 15 is 0 Å². The highest BCUT2D eigenvalue weighted by atomic mass is 31.2. The van der Waals surface area contributed by atoms with E-state index < -0.39 is 13.9 Å². The average molecular weight is 898 g/mol. The number of phosphoric ester groups is 1. The third-order valence-electron chi connectivity index (χ3n) is 11.9. The highest BCUT2D eigenvalue weighted by molar-refractivity contribution is 7.47. The second-order valence-corrected chi connectivity index (χ2v) is 19.6. The number of esters is 1. The van der Waals surface area contributed by atoms with Crippen LogP contribution in [-0.4, -0.2) is 49.9 Å². The van der Waals surface area contributed by atoms with E-state index in [1.807, 2.05) is 0 Å². The lowest BCUT2D eigenvalue weighted by Crippen LogP contribution is -2.28. The van der Waals surface area contributed by atoms with Gasteiger partial charge in [0.2, 0.25) is 0 Å². The summed E-state index contributed by atoms with van der Waals surface area (Å²) < 4.78 is 33.6. The number of rotatable bonds is 52. The van der Waals surface area contributed by atoms with Crippen molar-refractivity contribution in [3.8, 4) is 0 Å². The van der Waals surface area contributed by atoms with Gasteiger partial charge in [0.15, 0.2) is 0 Å². The lowest BCUT2D eigenvalue weighted by molar-refractivity contribution is -0.154. The SMILES string of the molecule is CCCCCCC/C=C\C/C=C\CCCCCCCCCCCC(=O)OC(COCCCCCCCCCCCCCCCCCCCCCCCC)COP(=O)(O)OCCN. The summed E-state index contributed by atoms with van der Waals surface area (Å²) in [5, 5.41) is 0. The minimum Gasteiger partial charge on any atom is -0.457 e. The predicted molar refractivity (Wildman–Crippen MR) is 266 cm³/mol. The van der Waals surface area contributed by atoms with Crippen LogP contribution in [0.4, 0.5) is 0 Å². The Hall–Kier alpha value is -1.02. The quantitative estimate of drug-likeness (QED) is 0.0268. The van der Waals surface area contributed by atoms with E-state index in [4.69, 9.17) is 24.3 Å². The molecule has 0 spiro atoms. The van der Waals surface area contributed by atoms with Crippen LogP contribution in [0.5, 0.6) is 0 Å². The smallest absolute Gasteiger partial charge is 0.457 e. The molecule has 62 heavy (non-hydrogen) atoms. The molecule has 0 aliphatic carbocycles. The van der Waals surface area contributed by atoms with E-state index in [1.165, 1.54) is 212 Å². The molecule has 0 aromatic rings. The van der Waals surface area contributed by atoms with Crippen molar-refractivity contribution in [2.75, 3.05) is 33.0 Å². The number of allylic oxidation sites excluding steroid dienone is 4. The Balaban J connectivity index is 3.89. The number of hydrogen-bond donors (Lipinski definition) is 2. The third-order valence-corrected chi connectivity index (χ3v) is 12.9. The Labute approximate surface area is 385 Å². The van der Waals surface area contributed by atoms with Gasteiger partial charge in [0.25, 0.3) is 0 Å². The second kappa shape index (κ2) is 51.0. The van der Waals surface area contributed by atoms with Crippen LogP contribution < -0.4 is 5.73 Å². The van der Waals surface area contributed by atoms with Crippen LogP contribution >= 0.6 is 7.82 Å². The molecule has 9 heteroatoms. The van der Waals surface area contributed by atoms with Gasteiger partial charge in [0.1, 0.15) is 6.10 Å². The van der Waals surface area contributed by atoms with Crippen LogP contribution in [0.25, 0.3) is 0 Å². The van der Waals surface area contributed by atoms with E-state index in [2.05, 4.69) is 38.2 Å². The fourth-order valence-electron chi connectivity index (χ4n) is 7.91. The molecule has 0 aromatic heterocycles. The third kappa shape index (κ3) is 50.0. The number of ether oxygens (including phenoxy) is 2. The standard InChI is InChI=1S/C53H104NO7P/c1-3-5-7-9-11-13-15-17-19-21-23-25-27-29-31-33-35-37-39-41-43-45-48-58-50-52(51-60-62(56,57)59-49-47-54)61-53(55)46-44-42-40-38-36-34-32-30-28-26-24-22-20-18-16-14-12-10-8-6-4-2/h16,18,22,24,52H,3-15,17,19-21,23,25-51,54H2,1-2H3,(H,56,57)/b18-16-,24-22-. The molecule has 0 fully saturated rings. The van der Waals surface area contributed by atoms with Crippen LogP contribution in [0.15, 0.2) is 24.3 Å². The first kappa shape index (κ1) is 61.0. The normalized spacial score (nSPS) is 13.4. The summed E-state index contributed by atoms with van der Waals surface area (Å²) in [5.74, 6) is -0.329. The summed E-state index contributed by atoms with van der Waals surface area (Å²) in [5.41, 5.74) is 5.39. The molecule has 0 amide bonds. The molecule has 0 saturated heterocycles. The molecule has 0 rings (SSSR count). The van der Waals surface area contributed by atoms with Gasteiger partial charge >= 0.3 is 13.8 Å². The van der Waals surface area contributed by atoms with Gasteiger partial charge < -0.3 is 20.1 Å². The van der Waals surface area contributed by atoms with Gasteiger partial charge in [-0.3, -0.25) is 13.8 Å². The van der Waals surface area contributed by atoms with Gasteiger partial charge in [-0.05, 0) is 44.9 Å². The second-order valence-electron chi connectivity index (χ2n) is 18.1. The van der Waals surface area contributed by atoms with Gasteiger partial charge in [-0.1, -0.05) is 244 Å². The van der Waals surface area contributed by atoms with Gasteiger partial charge in [-0.25, -0.2) is 4.57 Å². The number of carbonyl (C=O) groups is 1. The lowest BCUT2D eigenvalue weighted by Gasteiger charge is -2.20. The number of hydrogen-bond acceptors (Lipinski definition) is 7. The topological polar surface area (TPSA) is 117 Å². The molecule has 0 saturated carbocycles. The van der Waals surface area contributed by atoms with Crippen molar-refractivity contribution in [3.05, 3.63) is 24.3 Å². The molecule has 0 aliphatic heterocycles. The Bertz CT molecular complexity index is 1010. The van der Waals surface area contributed by atoms with Gasteiger partial charge in [-0.2, -0.15) is 0 Å². The zero-order chi connectivity index (χ0) is 45.1. The van der Waals surface area contributed by atoms with Crippen LogP contribution in [-0.2, 0) is 27.9 Å². The molecule has 0 radical (unpaired) electrons. The van der Waals surface area contributed by atoms with E-state index in [-0.39, 0.29) is 32.3 Å². The Morgan fingerprint density at radius 2 is 0.855 bits per heavy atom. The first-order valence-electron chi connectivity index (χ1n) is 26.8. The minimum atomic E-state index is -4.28. The zero-order valence-electron chi connectivity index (χ0n) is 41.1. The van der Waals surface area contributed by atoms with E-state index in [1.54, 1.807) is 0 Å². The van der Waals surface area contributed by atoms with E-state index in [0.29, 0.717) is 13.0 Å². The van der Waals surface area contributed by atoms with Crippen molar-refractivity contribution in [1.82, 2.24) is 0 Å². The average Bonchev–Trinajstić information content (AvgIpc) is 3.26. The summed E-state index contributed by atoms with van der Waals surface area (Å²) >= 11 is 0. The molecule has 3 N–H and O–H groups in total. The van der Waals surface area contributed by atoms with Crippen LogP contribution in [0.2, 0.25) is 0 Å². The van der Waals surface area contributed by atoms with Crippen molar-refractivity contribution >= 4 is 13.8 Å². The number of unbranched alkanes of at least 4 members (excludes halogenated alkanes) is 35. The number of phosphoric acid groups is 1. The van der Waals surface area contributed by atoms with Crippen molar-refractivity contribution in [1.29, 1.82) is 0 Å². The molecule has 0 heterocycles. The van der Waals surface area contributed by atoms with Crippen molar-refractivity contribution in [2.24, 2.45) is 5.73 Å². The highest BCUT2D eigenvalue weighted by Crippen LogP contribution is 2.43. The minimum absolute atomic E-state index is 0.0938. The van der Waals surface area contributed by atoms with Crippen molar-refractivity contribution in [3.63, 3.8) is 0 Å². The Morgan fingerprint density at radius 3 is 1.26 bits per heavy atom. The first-order valence-corrected chi connectivity index (χ1v) is 28.3. The zero-order valence-corrected chi connectivity index (χ0v) is 42.0. The maximum absolute atomic E-state index is 12.7. The summed E-state index contributed by atoms with van der Waals surface area (Å²) in [6, 6.07) is 0. The number of nitrogens with two attached hydrogens (primary N) is 1. The Morgan fingerprint density at radius 1 is 0.484 bits per heavy atom. The van der Waals surface area contributed by atoms with Crippen LogP contribution in [0.1, 0.15) is 271 Å². The van der Waals surface area contributed by atoms with Crippen molar-refractivity contribution in [2.45, 2.75) is 277 Å². The van der Waals surface area contributed by atoms with Gasteiger partial charge in [-0.15, -0.1) is 0 Å². The molecule has 2 atom stereocenters. The molecule has 0 aromatic carbocycles. The van der Waals surface area contributed by atoms with Crippen LogP contribution in [0, 0.1) is 0 Å². The molecule has 0 aliphatic rings. The fraction of sp³-hybridized carbons (Fsp3) is 0.906. The maximum atomic E-state index is 12.7. The van der Waals surface area contributed by atoms with Gasteiger partial charge in [0, 0.05) is 19.6 Å². The summed E-state index contributed by atoms with van der Waals surface area (Å²) in [7, 11) is -4.28. The van der Waals surface area contributed by atoms with Crippen LogP contribution in [0.3, 0.4) is 0 Å². The highest BCUT2D eigenvalue weighted by Gasteiger charge is 2.25. The monoisotopic (exact) mass is 898 g/mol. The van der Waals surface area contributed by atoms with Gasteiger partial charge in [0.05, 0.1) is 19.8 Å². The Kier molecular flexibility index (Phi) is 50.1. The molecule has 368 valence electrons. The largest absolute Gasteiger partial charge is 0.472 e. The maximum Gasteiger partial charge on any atom is 0.472 e. The number of carbonyl (C=O) groups excluding carboxylic acids is 1. The lowest BCUT2D eigenvalue weighted by atomic mass is 10.0. The summed E-state index contributed by atoms with van der Waals surface area (Å²) in [6.45, 7) is 4.97. The molecular weight excluding hydrogens is 794 g/mol.